The maximum Gasteiger partial charge on any atom is 0.301 e. The van der Waals surface area contributed by atoms with Crippen LogP contribution >= 0.6 is 22.9 Å². The summed E-state index contributed by atoms with van der Waals surface area (Å²) in [5.74, 6) is -2.48. The van der Waals surface area contributed by atoms with Crippen molar-refractivity contribution in [2.45, 2.75) is 31.7 Å². The Kier molecular flexibility index (Phi) is 5.58. The molecule has 0 bridgehead atoms. The van der Waals surface area contributed by atoms with E-state index in [9.17, 15) is 19.1 Å². The largest absolute Gasteiger partial charge is 0.507 e. The number of aromatic nitrogens is 2. The van der Waals surface area contributed by atoms with E-state index >= 15 is 0 Å². The average molecular weight is 520 g/mol. The fraction of sp³-hybridized carbons (Fsp3) is 0.185. The number of carbonyl (C=O) groups is 2. The minimum absolute atomic E-state index is 0.0350. The molecule has 1 saturated heterocycles. The second kappa shape index (κ2) is 8.80. The van der Waals surface area contributed by atoms with E-state index in [4.69, 9.17) is 11.6 Å². The molecule has 0 spiro atoms. The Bertz CT molecular complexity index is 1550. The van der Waals surface area contributed by atoms with Gasteiger partial charge >= 0.3 is 5.91 Å². The van der Waals surface area contributed by atoms with Gasteiger partial charge in [0.15, 0.2) is 5.13 Å². The topological polar surface area (TPSA) is 83.4 Å². The quantitative estimate of drug-likeness (QED) is 0.204. The number of nitrogens with zero attached hydrogens (tertiary/aromatic N) is 3. The number of ketones is 1. The number of benzene rings is 2. The molecule has 2 aliphatic rings. The third-order valence-corrected chi connectivity index (χ3v) is 8.00. The Morgan fingerprint density at radius 1 is 1.11 bits per heavy atom. The summed E-state index contributed by atoms with van der Waals surface area (Å²) in [5.41, 5.74) is 3.78. The molecule has 36 heavy (non-hydrogen) atoms. The Morgan fingerprint density at radius 3 is 2.69 bits per heavy atom. The Labute approximate surface area is 214 Å². The molecule has 0 radical (unpaired) electrons. The van der Waals surface area contributed by atoms with Gasteiger partial charge in [-0.05, 0) is 66.6 Å². The van der Waals surface area contributed by atoms with Crippen molar-refractivity contribution < 1.29 is 19.1 Å². The smallest absolute Gasteiger partial charge is 0.301 e. The second-order valence-corrected chi connectivity index (χ2v) is 10.3. The number of fused-ring (bicyclic) bond motifs is 2. The number of aliphatic hydroxyl groups excluding tert-OH is 1. The third kappa shape index (κ3) is 3.68. The summed E-state index contributed by atoms with van der Waals surface area (Å²) in [4.78, 5) is 36.6. The van der Waals surface area contributed by atoms with Gasteiger partial charge in [0.25, 0.3) is 5.78 Å². The lowest BCUT2D eigenvalue weighted by Crippen LogP contribution is -2.29. The molecule has 1 fully saturated rings. The molecule has 1 aliphatic carbocycles. The number of amides is 1. The van der Waals surface area contributed by atoms with Crippen molar-refractivity contribution in [1.29, 1.82) is 0 Å². The third-order valence-electron chi connectivity index (χ3n) is 6.69. The van der Waals surface area contributed by atoms with Gasteiger partial charge in [-0.2, -0.15) is 0 Å². The van der Waals surface area contributed by atoms with Gasteiger partial charge < -0.3 is 5.11 Å². The van der Waals surface area contributed by atoms with Crippen LogP contribution in [-0.4, -0.2) is 26.8 Å². The fourth-order valence-corrected chi connectivity index (χ4v) is 6.09. The number of aryl methyl sites for hydroxylation is 2. The molecule has 2 aromatic carbocycles. The molecule has 3 heterocycles. The van der Waals surface area contributed by atoms with Gasteiger partial charge in [-0.25, -0.2) is 9.37 Å². The minimum Gasteiger partial charge on any atom is -0.507 e. The summed E-state index contributed by atoms with van der Waals surface area (Å²) < 4.78 is 14.5. The van der Waals surface area contributed by atoms with Crippen LogP contribution in [0.3, 0.4) is 0 Å². The first-order valence-corrected chi connectivity index (χ1v) is 12.7. The van der Waals surface area contributed by atoms with E-state index in [0.29, 0.717) is 21.3 Å². The molecular weight excluding hydrogens is 501 g/mol. The van der Waals surface area contributed by atoms with Crippen LogP contribution in [0, 0.1) is 5.82 Å². The molecule has 1 unspecified atom stereocenters. The van der Waals surface area contributed by atoms with Crippen LogP contribution in [-0.2, 0) is 22.4 Å². The number of anilines is 1. The summed E-state index contributed by atoms with van der Waals surface area (Å²) in [7, 11) is 0. The molecular formula is C27H19ClFN3O3S. The molecule has 1 atom stereocenters. The number of aliphatic hydroxyl groups is 1. The lowest BCUT2D eigenvalue weighted by Gasteiger charge is -2.23. The van der Waals surface area contributed by atoms with Gasteiger partial charge in [0.05, 0.1) is 26.9 Å². The first-order chi connectivity index (χ1) is 17.4. The van der Waals surface area contributed by atoms with Gasteiger partial charge in [0.2, 0.25) is 0 Å². The number of carbonyl (C=O) groups excluding carboxylic acids is 2. The van der Waals surface area contributed by atoms with Crippen LogP contribution in [0.15, 0.2) is 60.4 Å². The highest BCUT2D eigenvalue weighted by molar-refractivity contribution is 7.22. The molecule has 0 saturated carbocycles. The average Bonchev–Trinajstić information content (AvgIpc) is 3.41. The predicted octanol–water partition coefficient (Wildman–Crippen LogP) is 5.99. The zero-order valence-corrected chi connectivity index (χ0v) is 20.4. The predicted molar refractivity (Wildman–Crippen MR) is 137 cm³/mol. The van der Waals surface area contributed by atoms with E-state index in [-0.39, 0.29) is 21.5 Å². The lowest BCUT2D eigenvalue weighted by atomic mass is 9.89. The minimum atomic E-state index is -0.949. The van der Waals surface area contributed by atoms with Crippen LogP contribution in [0.1, 0.15) is 41.1 Å². The SMILES string of the molecule is O=C1C(=O)N(c2nc3cc(Cl)c(F)cc3s2)C(c2cccnc2)/C1=C(\O)c1ccc2c(c1)CCCC2. The van der Waals surface area contributed by atoms with E-state index in [0.717, 1.165) is 42.6 Å². The van der Waals surface area contributed by atoms with Gasteiger partial charge in [0, 0.05) is 18.0 Å². The molecule has 1 N–H and O–H groups in total. The molecule has 1 amide bonds. The zero-order valence-electron chi connectivity index (χ0n) is 18.9. The number of rotatable bonds is 3. The van der Waals surface area contributed by atoms with Gasteiger partial charge in [-0.3, -0.25) is 19.5 Å². The van der Waals surface area contributed by atoms with Crippen molar-refractivity contribution in [3.8, 4) is 0 Å². The van der Waals surface area contributed by atoms with Crippen LogP contribution in [0.25, 0.3) is 16.0 Å². The molecule has 180 valence electrons. The first-order valence-electron chi connectivity index (χ1n) is 11.5. The van der Waals surface area contributed by atoms with E-state index in [1.54, 1.807) is 30.6 Å². The number of halogens is 2. The molecule has 6 nitrogen and oxygen atoms in total. The van der Waals surface area contributed by atoms with Gasteiger partial charge in [-0.15, -0.1) is 0 Å². The fourth-order valence-electron chi connectivity index (χ4n) is 4.93. The summed E-state index contributed by atoms with van der Waals surface area (Å²) in [5, 5.41) is 11.5. The standard InChI is InChI=1S/C27H19ClFN3O3S/c28-18-11-20-21(12-19(18)29)36-27(31-20)32-23(17-6-3-9-30-13-17)22(25(34)26(32)35)24(33)16-8-7-14-4-1-2-5-15(14)10-16/h3,6-13,23,33H,1-2,4-5H2/b24-22+. The highest BCUT2D eigenvalue weighted by atomic mass is 35.5. The number of hydrogen-bond acceptors (Lipinski definition) is 6. The molecule has 9 heteroatoms. The van der Waals surface area contributed by atoms with Crippen molar-refractivity contribution >= 4 is 55.7 Å². The van der Waals surface area contributed by atoms with E-state index in [2.05, 4.69) is 9.97 Å². The Balaban J connectivity index is 1.53. The van der Waals surface area contributed by atoms with Crippen molar-refractivity contribution in [1.82, 2.24) is 9.97 Å². The van der Waals surface area contributed by atoms with Gasteiger partial charge in [0.1, 0.15) is 11.6 Å². The van der Waals surface area contributed by atoms with E-state index < -0.39 is 23.5 Å². The van der Waals surface area contributed by atoms with Crippen LogP contribution < -0.4 is 4.90 Å². The second-order valence-electron chi connectivity index (χ2n) is 8.88. The van der Waals surface area contributed by atoms with Crippen LogP contribution in [0.4, 0.5) is 9.52 Å². The number of pyridine rings is 1. The van der Waals surface area contributed by atoms with E-state index in [1.807, 2.05) is 12.1 Å². The maximum atomic E-state index is 14.1. The Hall–Kier alpha value is -3.62. The van der Waals surface area contributed by atoms with Crippen LogP contribution in [0.2, 0.25) is 5.02 Å². The summed E-state index contributed by atoms with van der Waals surface area (Å²) in [6.07, 6.45) is 7.22. The van der Waals surface area contributed by atoms with E-state index in [1.165, 1.54) is 22.6 Å². The van der Waals surface area contributed by atoms with Crippen LogP contribution in [0.5, 0.6) is 0 Å². The first kappa shape index (κ1) is 22.8. The summed E-state index contributed by atoms with van der Waals surface area (Å²) in [6, 6.07) is 10.8. The summed E-state index contributed by atoms with van der Waals surface area (Å²) in [6.45, 7) is 0. The highest BCUT2D eigenvalue weighted by Gasteiger charge is 2.48. The van der Waals surface area contributed by atoms with Crippen molar-refractivity contribution in [2.75, 3.05) is 4.90 Å². The molecule has 6 rings (SSSR count). The molecule has 1 aliphatic heterocycles. The molecule has 2 aromatic heterocycles. The number of hydrogen-bond donors (Lipinski definition) is 1. The zero-order chi connectivity index (χ0) is 25.0. The van der Waals surface area contributed by atoms with Crippen molar-refractivity contribution in [2.24, 2.45) is 0 Å². The maximum absolute atomic E-state index is 14.1. The highest BCUT2D eigenvalue weighted by Crippen LogP contribution is 2.44. The molecule has 4 aromatic rings. The number of thiazole rings is 1. The monoisotopic (exact) mass is 519 g/mol. The lowest BCUT2D eigenvalue weighted by molar-refractivity contribution is -0.132. The summed E-state index contributed by atoms with van der Waals surface area (Å²) >= 11 is 6.99. The normalized spacial score (nSPS) is 19.2. The van der Waals surface area contributed by atoms with Gasteiger partial charge in [-0.1, -0.05) is 41.1 Å². The van der Waals surface area contributed by atoms with Crippen molar-refractivity contribution in [3.05, 3.63) is 93.5 Å². The Morgan fingerprint density at radius 2 is 1.92 bits per heavy atom. The van der Waals surface area contributed by atoms with Crippen molar-refractivity contribution in [3.63, 3.8) is 0 Å². The number of Topliss-reactive ketones (excluding diaryl/α,β-unsaturated/α-hetero) is 1.